The van der Waals surface area contributed by atoms with E-state index >= 15 is 0 Å². The second kappa shape index (κ2) is 10.3. The highest BCUT2D eigenvalue weighted by Gasteiger charge is 2.22. The Balaban J connectivity index is 1.43. The predicted molar refractivity (Wildman–Crippen MR) is 120 cm³/mol. The van der Waals surface area contributed by atoms with Gasteiger partial charge in [0.05, 0.1) is 25.0 Å². The maximum Gasteiger partial charge on any atom is 0.231 e. The second-order valence-electron chi connectivity index (χ2n) is 6.98. The average Bonchev–Trinajstić information content (AvgIpc) is 3.47. The van der Waals surface area contributed by atoms with E-state index in [-0.39, 0.29) is 23.5 Å². The van der Waals surface area contributed by atoms with Crippen molar-refractivity contribution < 1.29 is 13.9 Å². The number of amides is 1. The summed E-state index contributed by atoms with van der Waals surface area (Å²) in [5.41, 5.74) is 0.841. The van der Waals surface area contributed by atoms with Crippen LogP contribution in [-0.4, -0.2) is 52.7 Å². The molecule has 0 saturated carbocycles. The van der Waals surface area contributed by atoms with Crippen molar-refractivity contribution in [2.45, 2.75) is 24.7 Å². The van der Waals surface area contributed by atoms with E-state index in [0.717, 1.165) is 36.0 Å². The number of carbonyl (C=O) groups is 1. The molecular weight excluding hydrogens is 437 g/mol. The Labute approximate surface area is 188 Å². The quantitative estimate of drug-likeness (QED) is 0.519. The molecule has 2 aromatic heterocycles. The molecule has 1 fully saturated rings. The minimum atomic E-state index is -0.318. The first-order valence-electron chi connectivity index (χ1n) is 10.1. The lowest BCUT2D eigenvalue weighted by Gasteiger charge is -2.27. The molecule has 1 atom stereocenters. The minimum absolute atomic E-state index is 0.119. The van der Waals surface area contributed by atoms with Crippen molar-refractivity contribution in [2.24, 2.45) is 0 Å². The summed E-state index contributed by atoms with van der Waals surface area (Å²) in [6.45, 7) is 5.67. The van der Waals surface area contributed by atoms with Gasteiger partial charge >= 0.3 is 0 Å². The summed E-state index contributed by atoms with van der Waals surface area (Å²) in [4.78, 5) is 15.9. The van der Waals surface area contributed by atoms with Crippen LogP contribution in [-0.2, 0) is 16.1 Å². The van der Waals surface area contributed by atoms with Crippen LogP contribution in [0.4, 0.5) is 10.3 Å². The van der Waals surface area contributed by atoms with E-state index in [4.69, 9.17) is 4.74 Å². The van der Waals surface area contributed by atoms with Crippen molar-refractivity contribution in [3.63, 3.8) is 0 Å². The van der Waals surface area contributed by atoms with Gasteiger partial charge in [0.15, 0.2) is 5.16 Å². The van der Waals surface area contributed by atoms with Gasteiger partial charge < -0.3 is 15.0 Å². The minimum Gasteiger partial charge on any atom is -0.378 e. The van der Waals surface area contributed by atoms with E-state index in [2.05, 4.69) is 20.4 Å². The molecule has 0 aliphatic carbocycles. The molecule has 7 nitrogen and oxygen atoms in total. The molecule has 1 aromatic carbocycles. The van der Waals surface area contributed by atoms with Crippen molar-refractivity contribution in [2.75, 3.05) is 37.0 Å². The van der Waals surface area contributed by atoms with Gasteiger partial charge in [-0.2, -0.15) is 0 Å². The van der Waals surface area contributed by atoms with Gasteiger partial charge in [-0.05, 0) is 36.1 Å². The molecule has 1 saturated heterocycles. The van der Waals surface area contributed by atoms with E-state index < -0.39 is 0 Å². The highest BCUT2D eigenvalue weighted by molar-refractivity contribution is 7.99. The summed E-state index contributed by atoms with van der Waals surface area (Å²) in [6.07, 6.45) is 0. The molecule has 3 heterocycles. The fraction of sp³-hybridized carbons (Fsp3) is 0.381. The van der Waals surface area contributed by atoms with Crippen LogP contribution in [0, 0.1) is 5.82 Å². The number of morpholine rings is 1. The van der Waals surface area contributed by atoms with Crippen LogP contribution in [0.3, 0.4) is 0 Å². The number of nitrogens with zero attached hydrogens (tertiary/aromatic N) is 4. The zero-order chi connectivity index (χ0) is 21.6. The van der Waals surface area contributed by atoms with Crippen molar-refractivity contribution in [3.05, 3.63) is 58.0 Å². The van der Waals surface area contributed by atoms with Crippen LogP contribution in [0.2, 0.25) is 0 Å². The third kappa shape index (κ3) is 5.25. The lowest BCUT2D eigenvalue weighted by atomic mass is 10.1. The van der Waals surface area contributed by atoms with Crippen molar-refractivity contribution in [1.82, 2.24) is 20.1 Å². The summed E-state index contributed by atoms with van der Waals surface area (Å²) < 4.78 is 20.8. The zero-order valence-corrected chi connectivity index (χ0v) is 18.8. The Hall–Kier alpha value is -2.43. The Bertz CT molecular complexity index is 988. The molecule has 0 bridgehead atoms. The van der Waals surface area contributed by atoms with Gasteiger partial charge in [0, 0.05) is 24.5 Å². The lowest BCUT2D eigenvalue weighted by Crippen LogP contribution is -2.38. The van der Waals surface area contributed by atoms with E-state index in [1.165, 1.54) is 23.9 Å². The number of rotatable bonds is 8. The fourth-order valence-corrected chi connectivity index (χ4v) is 5.04. The van der Waals surface area contributed by atoms with Gasteiger partial charge in [-0.3, -0.25) is 9.36 Å². The summed E-state index contributed by atoms with van der Waals surface area (Å²) in [6, 6.07) is 9.82. The number of anilines is 1. The van der Waals surface area contributed by atoms with E-state index in [1.807, 2.05) is 29.0 Å². The number of thiophene rings is 1. The molecule has 4 rings (SSSR count). The number of nitrogens with one attached hydrogen (secondary N) is 1. The topological polar surface area (TPSA) is 72.3 Å². The monoisotopic (exact) mass is 461 g/mol. The van der Waals surface area contributed by atoms with Crippen LogP contribution in [0.1, 0.15) is 23.4 Å². The fourth-order valence-electron chi connectivity index (χ4n) is 3.42. The van der Waals surface area contributed by atoms with Crippen molar-refractivity contribution in [3.8, 4) is 0 Å². The van der Waals surface area contributed by atoms with Gasteiger partial charge in [-0.1, -0.05) is 30.0 Å². The maximum absolute atomic E-state index is 13.4. The molecule has 3 aromatic rings. The third-order valence-corrected chi connectivity index (χ3v) is 6.88. The molecular formula is C21H24FN5O2S2. The molecule has 164 valence electrons. The summed E-state index contributed by atoms with van der Waals surface area (Å²) in [7, 11) is 0. The molecule has 1 aliphatic rings. The molecule has 1 aliphatic heterocycles. The predicted octanol–water partition coefficient (Wildman–Crippen LogP) is 3.33. The molecule has 1 amide bonds. The smallest absolute Gasteiger partial charge is 0.231 e. The number of thioether (sulfide) groups is 1. The SMILES string of the molecule is CCn1c(SCC(=O)N[C@@H](c2ccc(F)cc2)c2cccs2)nnc1N1CCOCC1. The highest BCUT2D eigenvalue weighted by atomic mass is 32.2. The van der Waals surface area contributed by atoms with E-state index in [9.17, 15) is 9.18 Å². The first-order valence-corrected chi connectivity index (χ1v) is 12.0. The second-order valence-corrected chi connectivity index (χ2v) is 8.90. The summed E-state index contributed by atoms with van der Waals surface area (Å²) in [5.74, 6) is 0.609. The third-order valence-electron chi connectivity index (χ3n) is 4.98. The van der Waals surface area contributed by atoms with Crippen LogP contribution < -0.4 is 10.2 Å². The normalized spacial score (nSPS) is 15.1. The molecule has 31 heavy (non-hydrogen) atoms. The first-order chi connectivity index (χ1) is 15.2. The Morgan fingerprint density at radius 2 is 2.03 bits per heavy atom. The molecule has 0 spiro atoms. The van der Waals surface area contributed by atoms with Crippen LogP contribution in [0.15, 0.2) is 46.9 Å². The van der Waals surface area contributed by atoms with Crippen LogP contribution >= 0.6 is 23.1 Å². The van der Waals surface area contributed by atoms with Gasteiger partial charge in [-0.25, -0.2) is 4.39 Å². The van der Waals surface area contributed by atoms with Crippen molar-refractivity contribution in [1.29, 1.82) is 0 Å². The van der Waals surface area contributed by atoms with Crippen molar-refractivity contribution >= 4 is 35.0 Å². The van der Waals surface area contributed by atoms with Crippen LogP contribution in [0.25, 0.3) is 0 Å². The van der Waals surface area contributed by atoms with Gasteiger partial charge in [0.1, 0.15) is 5.82 Å². The maximum atomic E-state index is 13.4. The molecule has 10 heteroatoms. The Morgan fingerprint density at radius 1 is 1.26 bits per heavy atom. The van der Waals surface area contributed by atoms with E-state index in [0.29, 0.717) is 18.4 Å². The lowest BCUT2D eigenvalue weighted by molar-refractivity contribution is -0.119. The zero-order valence-electron chi connectivity index (χ0n) is 17.2. The van der Waals surface area contributed by atoms with Gasteiger partial charge in [-0.15, -0.1) is 21.5 Å². The average molecular weight is 462 g/mol. The summed E-state index contributed by atoms with van der Waals surface area (Å²) >= 11 is 2.92. The number of carbonyl (C=O) groups excluding carboxylic acids is 1. The number of halogens is 1. The Morgan fingerprint density at radius 3 is 2.71 bits per heavy atom. The Kier molecular flexibility index (Phi) is 7.21. The number of aromatic nitrogens is 3. The molecule has 0 radical (unpaired) electrons. The van der Waals surface area contributed by atoms with Gasteiger partial charge in [0.2, 0.25) is 11.9 Å². The number of benzene rings is 1. The van der Waals surface area contributed by atoms with Gasteiger partial charge in [0.25, 0.3) is 0 Å². The number of ether oxygens (including phenoxy) is 1. The number of hydrogen-bond acceptors (Lipinski definition) is 7. The number of hydrogen-bond donors (Lipinski definition) is 1. The first kappa shape index (κ1) is 21.8. The molecule has 1 N–H and O–H groups in total. The molecule has 0 unspecified atom stereocenters. The van der Waals surface area contributed by atoms with E-state index in [1.54, 1.807) is 23.5 Å². The largest absolute Gasteiger partial charge is 0.378 e. The summed E-state index contributed by atoms with van der Waals surface area (Å²) in [5, 5.41) is 14.4. The standard InChI is InChI=1S/C21H24FN5O2S2/c1-2-27-20(26-9-11-29-12-10-26)24-25-21(27)31-14-18(28)23-19(17-4-3-13-30-17)15-5-7-16(22)8-6-15/h3-8,13,19H,2,9-12,14H2,1H3,(H,23,28)/t19-/m0/s1. The highest BCUT2D eigenvalue weighted by Crippen LogP contribution is 2.27. The van der Waals surface area contributed by atoms with Crippen LogP contribution in [0.5, 0.6) is 0 Å².